The number of rotatable bonds is 4. The molecule has 0 spiro atoms. The number of hydrogen-bond acceptors (Lipinski definition) is 4. The number of carboxylic acid groups (broad SMARTS) is 1. The van der Waals surface area contributed by atoms with Crippen molar-refractivity contribution in [2.24, 2.45) is 13.0 Å². The van der Waals surface area contributed by atoms with E-state index in [2.05, 4.69) is 10.00 Å². The third-order valence-electron chi connectivity index (χ3n) is 4.05. The van der Waals surface area contributed by atoms with Crippen molar-refractivity contribution >= 4 is 5.97 Å². The van der Waals surface area contributed by atoms with Gasteiger partial charge in [0.1, 0.15) is 0 Å². The van der Waals surface area contributed by atoms with Crippen LogP contribution in [0.25, 0.3) is 0 Å². The number of methoxy groups -OCH3 is 1. The lowest BCUT2D eigenvalue weighted by Gasteiger charge is -2.23. The minimum Gasteiger partial charge on any atom is -0.481 e. The highest BCUT2D eigenvalue weighted by atomic mass is 16.5. The molecule has 1 N–H and O–H groups in total. The Labute approximate surface area is 113 Å². The second-order valence-electron chi connectivity index (χ2n) is 5.14. The molecule has 1 aromatic heterocycles. The molecule has 0 aliphatic carbocycles. The van der Waals surface area contributed by atoms with Gasteiger partial charge >= 0.3 is 5.97 Å². The van der Waals surface area contributed by atoms with E-state index in [1.54, 1.807) is 11.8 Å². The van der Waals surface area contributed by atoms with Gasteiger partial charge in [-0.05, 0) is 26.8 Å². The number of carbonyl (C=O) groups is 1. The molecule has 2 heterocycles. The van der Waals surface area contributed by atoms with Crippen LogP contribution in [0.3, 0.4) is 0 Å². The van der Waals surface area contributed by atoms with Gasteiger partial charge in [-0.2, -0.15) is 5.10 Å². The fourth-order valence-corrected chi connectivity index (χ4v) is 2.88. The van der Waals surface area contributed by atoms with Gasteiger partial charge in [0.2, 0.25) is 5.88 Å². The molecule has 1 saturated heterocycles. The van der Waals surface area contributed by atoms with Gasteiger partial charge in [0.15, 0.2) is 0 Å². The Hall–Kier alpha value is -1.56. The van der Waals surface area contributed by atoms with Crippen LogP contribution < -0.4 is 4.74 Å². The van der Waals surface area contributed by atoms with E-state index in [-0.39, 0.29) is 12.0 Å². The zero-order valence-corrected chi connectivity index (χ0v) is 11.9. The number of nitrogens with zero attached hydrogens (tertiary/aromatic N) is 3. The molecule has 6 heteroatoms. The predicted molar refractivity (Wildman–Crippen MR) is 70.1 cm³/mol. The Morgan fingerprint density at radius 1 is 1.58 bits per heavy atom. The molecule has 0 bridgehead atoms. The minimum absolute atomic E-state index is 0.0433. The van der Waals surface area contributed by atoms with Gasteiger partial charge in [-0.1, -0.05) is 0 Å². The quantitative estimate of drug-likeness (QED) is 0.882. The largest absolute Gasteiger partial charge is 0.481 e. The van der Waals surface area contributed by atoms with E-state index in [4.69, 9.17) is 9.84 Å². The molecule has 2 rings (SSSR count). The highest BCUT2D eigenvalue weighted by molar-refractivity contribution is 5.71. The standard InChI is InChI=1S/C13H21N3O3/c1-8-11(12(19-4)15(3)14-8)7-16-6-5-10(9(16)2)13(17)18/h9-10H,5-7H2,1-4H3,(H,17,18). The van der Waals surface area contributed by atoms with Crippen LogP contribution >= 0.6 is 0 Å². The second kappa shape index (κ2) is 5.21. The van der Waals surface area contributed by atoms with Crippen molar-refractivity contribution in [2.45, 2.75) is 32.9 Å². The van der Waals surface area contributed by atoms with Crippen LogP contribution in [0.1, 0.15) is 24.6 Å². The molecule has 0 amide bonds. The maximum absolute atomic E-state index is 11.1. The number of aromatic nitrogens is 2. The van der Waals surface area contributed by atoms with Crippen molar-refractivity contribution in [3.05, 3.63) is 11.3 Å². The molecule has 1 aliphatic rings. The second-order valence-corrected chi connectivity index (χ2v) is 5.14. The van der Waals surface area contributed by atoms with E-state index in [9.17, 15) is 4.79 Å². The van der Waals surface area contributed by atoms with Gasteiger partial charge in [-0.3, -0.25) is 9.69 Å². The number of likely N-dealkylation sites (tertiary alicyclic amines) is 1. The lowest BCUT2D eigenvalue weighted by molar-refractivity contribution is -0.142. The fraction of sp³-hybridized carbons (Fsp3) is 0.692. The number of hydrogen-bond donors (Lipinski definition) is 1. The van der Waals surface area contributed by atoms with E-state index >= 15 is 0 Å². The van der Waals surface area contributed by atoms with Crippen LogP contribution in [0, 0.1) is 12.8 Å². The van der Waals surface area contributed by atoms with E-state index in [0.29, 0.717) is 13.0 Å². The molecule has 1 aliphatic heterocycles. The van der Waals surface area contributed by atoms with E-state index in [1.165, 1.54) is 0 Å². The number of ether oxygens (including phenoxy) is 1. The Bertz CT molecular complexity index is 484. The molecule has 0 aromatic carbocycles. The minimum atomic E-state index is -0.704. The summed E-state index contributed by atoms with van der Waals surface area (Å²) in [5.74, 6) is -0.226. The van der Waals surface area contributed by atoms with Crippen LogP contribution in [0.15, 0.2) is 0 Å². The Kier molecular flexibility index (Phi) is 3.80. The Balaban J connectivity index is 2.17. The Morgan fingerprint density at radius 3 is 2.79 bits per heavy atom. The number of aryl methyl sites for hydroxylation is 2. The van der Waals surface area contributed by atoms with Gasteiger partial charge in [0, 0.05) is 19.6 Å². The van der Waals surface area contributed by atoms with Crippen molar-refractivity contribution in [3.63, 3.8) is 0 Å². The van der Waals surface area contributed by atoms with Crippen LogP contribution in [0.2, 0.25) is 0 Å². The SMILES string of the molecule is COc1c(CN2CCC(C(=O)O)C2C)c(C)nn1C. The summed E-state index contributed by atoms with van der Waals surface area (Å²) in [5, 5.41) is 13.5. The summed E-state index contributed by atoms with van der Waals surface area (Å²) in [5.41, 5.74) is 1.98. The van der Waals surface area contributed by atoms with Crippen molar-refractivity contribution in [1.29, 1.82) is 0 Å². The van der Waals surface area contributed by atoms with Crippen molar-refractivity contribution in [2.75, 3.05) is 13.7 Å². The molecule has 0 saturated carbocycles. The summed E-state index contributed by atoms with van der Waals surface area (Å²) in [6.45, 7) is 5.42. The zero-order chi connectivity index (χ0) is 14.2. The van der Waals surface area contributed by atoms with Crippen molar-refractivity contribution in [3.8, 4) is 5.88 Å². The summed E-state index contributed by atoms with van der Waals surface area (Å²) in [6.07, 6.45) is 0.706. The molecule has 2 atom stereocenters. The average molecular weight is 267 g/mol. The topological polar surface area (TPSA) is 67.6 Å². The van der Waals surface area contributed by atoms with Crippen molar-refractivity contribution < 1.29 is 14.6 Å². The first-order valence-corrected chi connectivity index (χ1v) is 6.49. The van der Waals surface area contributed by atoms with Crippen LogP contribution in [-0.2, 0) is 18.4 Å². The summed E-state index contributed by atoms with van der Waals surface area (Å²) in [7, 11) is 3.48. The van der Waals surface area contributed by atoms with E-state index in [0.717, 1.165) is 23.7 Å². The first-order chi connectivity index (χ1) is 8.95. The molecule has 1 aromatic rings. The van der Waals surface area contributed by atoms with Gasteiger partial charge in [-0.15, -0.1) is 0 Å². The first kappa shape index (κ1) is 13.9. The summed E-state index contributed by atoms with van der Waals surface area (Å²) in [6, 6.07) is 0.0433. The number of carboxylic acids is 1. The molecule has 106 valence electrons. The van der Waals surface area contributed by atoms with Crippen molar-refractivity contribution in [1.82, 2.24) is 14.7 Å². The molecule has 1 fully saturated rings. The smallest absolute Gasteiger partial charge is 0.308 e. The highest BCUT2D eigenvalue weighted by Gasteiger charge is 2.36. The Morgan fingerprint density at radius 2 is 2.26 bits per heavy atom. The summed E-state index contributed by atoms with van der Waals surface area (Å²) in [4.78, 5) is 13.3. The molecule has 2 unspecified atom stereocenters. The van der Waals surface area contributed by atoms with Crippen LogP contribution in [0.4, 0.5) is 0 Å². The van der Waals surface area contributed by atoms with Gasteiger partial charge in [-0.25, -0.2) is 4.68 Å². The van der Waals surface area contributed by atoms with Gasteiger partial charge in [0.25, 0.3) is 0 Å². The lowest BCUT2D eigenvalue weighted by atomic mass is 10.0. The summed E-state index contributed by atoms with van der Waals surface area (Å²) >= 11 is 0. The third kappa shape index (κ3) is 2.45. The average Bonchev–Trinajstić information content (AvgIpc) is 2.82. The third-order valence-corrected chi connectivity index (χ3v) is 4.05. The van der Waals surface area contributed by atoms with Gasteiger partial charge in [0.05, 0.1) is 24.3 Å². The zero-order valence-electron chi connectivity index (χ0n) is 11.9. The predicted octanol–water partition coefficient (Wildman–Crippen LogP) is 1.03. The number of aliphatic carboxylic acids is 1. The van der Waals surface area contributed by atoms with E-state index < -0.39 is 5.97 Å². The monoisotopic (exact) mass is 267 g/mol. The molecular weight excluding hydrogens is 246 g/mol. The maximum Gasteiger partial charge on any atom is 0.308 e. The maximum atomic E-state index is 11.1. The van der Waals surface area contributed by atoms with Crippen LogP contribution in [-0.4, -0.2) is 45.5 Å². The lowest BCUT2D eigenvalue weighted by Crippen LogP contribution is -2.32. The normalized spacial score (nSPS) is 23.8. The first-order valence-electron chi connectivity index (χ1n) is 6.49. The molecular formula is C13H21N3O3. The molecule has 6 nitrogen and oxygen atoms in total. The van der Waals surface area contributed by atoms with E-state index in [1.807, 2.05) is 20.9 Å². The highest BCUT2D eigenvalue weighted by Crippen LogP contribution is 2.29. The molecule has 0 radical (unpaired) electrons. The fourth-order valence-electron chi connectivity index (χ4n) is 2.88. The van der Waals surface area contributed by atoms with Crippen LogP contribution in [0.5, 0.6) is 5.88 Å². The molecule has 19 heavy (non-hydrogen) atoms. The van der Waals surface area contributed by atoms with Gasteiger partial charge < -0.3 is 9.84 Å². The summed E-state index contributed by atoms with van der Waals surface area (Å²) < 4.78 is 7.10.